The fourth-order valence-corrected chi connectivity index (χ4v) is 3.14. The highest BCUT2D eigenvalue weighted by molar-refractivity contribution is 6.02. The van der Waals surface area contributed by atoms with E-state index in [9.17, 15) is 9.59 Å². The van der Waals surface area contributed by atoms with E-state index in [1.165, 1.54) is 0 Å². The van der Waals surface area contributed by atoms with Crippen LogP contribution in [-0.4, -0.2) is 36.3 Å². The maximum Gasteiger partial charge on any atom is 0.231 e. The predicted octanol–water partition coefficient (Wildman–Crippen LogP) is 1.98. The summed E-state index contributed by atoms with van der Waals surface area (Å²) in [5.74, 6) is -0.276. The molecule has 0 aromatic heterocycles. The summed E-state index contributed by atoms with van der Waals surface area (Å²) in [6.07, 6.45) is 1.51. The molecule has 0 unspecified atom stereocenters. The number of fused-ring (bicyclic) bond motifs is 1. The molecule has 1 heterocycles. The smallest absolute Gasteiger partial charge is 0.231 e. The van der Waals surface area contributed by atoms with Crippen molar-refractivity contribution in [1.82, 2.24) is 4.90 Å². The van der Waals surface area contributed by atoms with Crippen LogP contribution in [0, 0.1) is 5.92 Å². The van der Waals surface area contributed by atoms with Crippen LogP contribution in [0.1, 0.15) is 12.8 Å². The molecule has 23 heavy (non-hydrogen) atoms. The van der Waals surface area contributed by atoms with Gasteiger partial charge in [-0.05, 0) is 37.4 Å². The van der Waals surface area contributed by atoms with Gasteiger partial charge in [0.25, 0.3) is 0 Å². The predicted molar refractivity (Wildman–Crippen MR) is 90.9 cm³/mol. The summed E-state index contributed by atoms with van der Waals surface area (Å²) in [5, 5.41) is 5.22. The van der Waals surface area contributed by atoms with Gasteiger partial charge >= 0.3 is 0 Å². The third kappa shape index (κ3) is 3.68. The van der Waals surface area contributed by atoms with E-state index < -0.39 is 0 Å². The average molecular weight is 311 g/mol. The van der Waals surface area contributed by atoms with Crippen molar-refractivity contribution < 1.29 is 9.59 Å². The molecule has 2 aromatic carbocycles. The molecule has 3 N–H and O–H groups in total. The molecular weight excluding hydrogens is 290 g/mol. The van der Waals surface area contributed by atoms with Gasteiger partial charge in [0, 0.05) is 17.0 Å². The third-order valence-corrected chi connectivity index (χ3v) is 4.39. The average Bonchev–Trinajstić information content (AvgIpc) is 2.55. The number of rotatable bonds is 4. The van der Waals surface area contributed by atoms with Crippen molar-refractivity contribution in [1.29, 1.82) is 0 Å². The number of nitrogens with zero attached hydrogens (tertiary/aromatic N) is 1. The molecule has 3 rings (SSSR count). The molecule has 1 aliphatic heterocycles. The van der Waals surface area contributed by atoms with E-state index in [-0.39, 0.29) is 24.3 Å². The molecule has 2 aromatic rings. The molecule has 1 saturated heterocycles. The number of carbonyl (C=O) groups is 2. The minimum absolute atomic E-state index is 0.0157. The Bertz CT molecular complexity index is 716. The molecule has 5 heteroatoms. The lowest BCUT2D eigenvalue weighted by atomic mass is 9.95. The molecular formula is C18H21N3O2. The molecule has 1 fully saturated rings. The number of amides is 2. The van der Waals surface area contributed by atoms with Gasteiger partial charge in [-0.1, -0.05) is 36.4 Å². The Kier molecular flexibility index (Phi) is 4.57. The topological polar surface area (TPSA) is 75.4 Å². The van der Waals surface area contributed by atoms with Crippen LogP contribution in [0.5, 0.6) is 0 Å². The van der Waals surface area contributed by atoms with Crippen LogP contribution in [0.25, 0.3) is 10.8 Å². The van der Waals surface area contributed by atoms with Crippen LogP contribution >= 0.6 is 0 Å². The maximum atomic E-state index is 12.5. The Hall–Kier alpha value is -2.40. The van der Waals surface area contributed by atoms with Crippen molar-refractivity contribution in [2.45, 2.75) is 12.8 Å². The first-order valence-corrected chi connectivity index (χ1v) is 7.93. The van der Waals surface area contributed by atoms with Gasteiger partial charge in [0.15, 0.2) is 0 Å². The van der Waals surface area contributed by atoms with Gasteiger partial charge in [-0.25, -0.2) is 0 Å². The quantitative estimate of drug-likeness (QED) is 0.906. The van der Waals surface area contributed by atoms with Crippen molar-refractivity contribution >= 4 is 28.3 Å². The van der Waals surface area contributed by atoms with Crippen LogP contribution in [0.3, 0.4) is 0 Å². The molecule has 0 spiro atoms. The number of primary amides is 1. The van der Waals surface area contributed by atoms with Crippen molar-refractivity contribution in [3.05, 3.63) is 42.5 Å². The van der Waals surface area contributed by atoms with Gasteiger partial charge in [-0.2, -0.15) is 0 Å². The first kappa shape index (κ1) is 15.5. The monoisotopic (exact) mass is 311 g/mol. The van der Waals surface area contributed by atoms with Crippen LogP contribution in [0.4, 0.5) is 5.69 Å². The Balaban J connectivity index is 1.64. The Labute approximate surface area is 135 Å². The lowest BCUT2D eigenvalue weighted by Gasteiger charge is -2.30. The first-order chi connectivity index (χ1) is 11.1. The number of likely N-dealkylation sites (tertiary alicyclic amines) is 1. The Morgan fingerprint density at radius 2 is 1.78 bits per heavy atom. The van der Waals surface area contributed by atoms with Crippen LogP contribution in [-0.2, 0) is 9.59 Å². The van der Waals surface area contributed by atoms with Crippen molar-refractivity contribution in [2.75, 3.05) is 25.0 Å². The summed E-state index contributed by atoms with van der Waals surface area (Å²) in [5.41, 5.74) is 6.07. The molecule has 1 aliphatic rings. The van der Waals surface area contributed by atoms with Gasteiger partial charge < -0.3 is 11.1 Å². The summed E-state index contributed by atoms with van der Waals surface area (Å²) in [6.45, 7) is 1.74. The number of hydrogen-bond donors (Lipinski definition) is 2. The minimum atomic E-state index is -0.316. The molecule has 0 saturated carbocycles. The first-order valence-electron chi connectivity index (χ1n) is 7.93. The lowest BCUT2D eigenvalue weighted by molar-refractivity contribution is -0.122. The van der Waals surface area contributed by atoms with E-state index in [2.05, 4.69) is 5.32 Å². The van der Waals surface area contributed by atoms with E-state index >= 15 is 0 Å². The lowest BCUT2D eigenvalue weighted by Crippen LogP contribution is -2.42. The number of hydrogen-bond acceptors (Lipinski definition) is 3. The second kappa shape index (κ2) is 6.79. The largest absolute Gasteiger partial charge is 0.369 e. The number of carbonyl (C=O) groups excluding carboxylic acids is 2. The molecule has 5 nitrogen and oxygen atoms in total. The molecule has 0 atom stereocenters. The summed E-state index contributed by atoms with van der Waals surface area (Å²) >= 11 is 0. The summed E-state index contributed by atoms with van der Waals surface area (Å²) < 4.78 is 0. The molecule has 120 valence electrons. The number of anilines is 1. The molecule has 0 radical (unpaired) electrons. The number of benzene rings is 2. The number of piperidine rings is 1. The number of nitrogens with one attached hydrogen (secondary N) is 1. The Morgan fingerprint density at radius 1 is 1.09 bits per heavy atom. The van der Waals surface area contributed by atoms with Gasteiger partial charge in [0.2, 0.25) is 11.8 Å². The van der Waals surface area contributed by atoms with Crippen molar-refractivity contribution in [2.24, 2.45) is 11.7 Å². The maximum absolute atomic E-state index is 12.5. The zero-order valence-electron chi connectivity index (χ0n) is 13.0. The van der Waals surface area contributed by atoms with Gasteiger partial charge in [-0.15, -0.1) is 0 Å². The normalized spacial score (nSPS) is 16.3. The highest BCUT2D eigenvalue weighted by Gasteiger charge is 2.25. The molecule has 0 aliphatic carbocycles. The van der Waals surface area contributed by atoms with Crippen LogP contribution < -0.4 is 11.1 Å². The van der Waals surface area contributed by atoms with E-state index in [4.69, 9.17) is 5.73 Å². The zero-order chi connectivity index (χ0) is 16.2. The van der Waals surface area contributed by atoms with Gasteiger partial charge in [-0.3, -0.25) is 14.5 Å². The molecule has 0 bridgehead atoms. The zero-order valence-corrected chi connectivity index (χ0v) is 13.0. The standard InChI is InChI=1S/C18H21N3O2/c19-17(22)12-21-10-8-14(9-11-21)18(23)20-16-7-3-5-13-4-1-2-6-15(13)16/h1-7,14H,8-12H2,(H2,19,22)(H,20,23). The summed E-state index contributed by atoms with van der Waals surface area (Å²) in [4.78, 5) is 25.5. The molecule has 2 amide bonds. The summed E-state index contributed by atoms with van der Waals surface area (Å²) in [6, 6.07) is 13.9. The van der Waals surface area contributed by atoms with Gasteiger partial charge in [0.05, 0.1) is 6.54 Å². The van der Waals surface area contributed by atoms with E-state index in [0.717, 1.165) is 42.4 Å². The number of nitrogens with two attached hydrogens (primary N) is 1. The highest BCUT2D eigenvalue weighted by atomic mass is 16.2. The summed E-state index contributed by atoms with van der Waals surface area (Å²) in [7, 11) is 0. The highest BCUT2D eigenvalue weighted by Crippen LogP contribution is 2.25. The second-order valence-corrected chi connectivity index (χ2v) is 6.03. The van der Waals surface area contributed by atoms with Crippen molar-refractivity contribution in [3.63, 3.8) is 0 Å². The van der Waals surface area contributed by atoms with E-state index in [1.54, 1.807) is 0 Å². The third-order valence-electron chi connectivity index (χ3n) is 4.39. The van der Waals surface area contributed by atoms with Crippen LogP contribution in [0.2, 0.25) is 0 Å². The SMILES string of the molecule is NC(=O)CN1CCC(C(=O)Nc2cccc3ccccc23)CC1. The van der Waals surface area contributed by atoms with E-state index in [1.807, 2.05) is 47.4 Å². The van der Waals surface area contributed by atoms with Gasteiger partial charge in [0.1, 0.15) is 0 Å². The van der Waals surface area contributed by atoms with Crippen molar-refractivity contribution in [3.8, 4) is 0 Å². The van der Waals surface area contributed by atoms with Crippen LogP contribution in [0.15, 0.2) is 42.5 Å². The Morgan fingerprint density at radius 3 is 2.52 bits per heavy atom. The fourth-order valence-electron chi connectivity index (χ4n) is 3.14. The van der Waals surface area contributed by atoms with E-state index in [0.29, 0.717) is 0 Å². The second-order valence-electron chi connectivity index (χ2n) is 6.03. The minimum Gasteiger partial charge on any atom is -0.369 e. The fraction of sp³-hybridized carbons (Fsp3) is 0.333.